The van der Waals surface area contributed by atoms with Gasteiger partial charge in [0.2, 0.25) is 0 Å². The van der Waals surface area contributed by atoms with Crippen LogP contribution in [-0.4, -0.2) is 20.0 Å². The van der Waals surface area contributed by atoms with Crippen molar-refractivity contribution in [3.8, 4) is 11.5 Å². The number of carbonyl (C=O) groups excluding carboxylic acids is 1. The van der Waals surface area contributed by atoms with Crippen LogP contribution in [-0.2, 0) is 4.79 Å². The van der Waals surface area contributed by atoms with Crippen LogP contribution in [0.25, 0.3) is 0 Å². The first-order valence-electron chi connectivity index (χ1n) is 4.99. The SMILES string of the molecule is CCOc1ccc(C(C)C=O)cc1OC. The summed E-state index contributed by atoms with van der Waals surface area (Å²) in [5, 5.41) is 0. The Morgan fingerprint density at radius 3 is 2.67 bits per heavy atom. The van der Waals surface area contributed by atoms with Crippen molar-refractivity contribution >= 4 is 6.29 Å². The average Bonchev–Trinajstić information content (AvgIpc) is 2.29. The molecule has 0 heterocycles. The van der Waals surface area contributed by atoms with E-state index >= 15 is 0 Å². The number of methoxy groups -OCH3 is 1. The van der Waals surface area contributed by atoms with Gasteiger partial charge in [-0.1, -0.05) is 13.0 Å². The van der Waals surface area contributed by atoms with Gasteiger partial charge < -0.3 is 14.3 Å². The van der Waals surface area contributed by atoms with E-state index in [2.05, 4.69) is 0 Å². The second kappa shape index (κ2) is 5.39. The minimum Gasteiger partial charge on any atom is -0.493 e. The summed E-state index contributed by atoms with van der Waals surface area (Å²) >= 11 is 0. The first-order chi connectivity index (χ1) is 7.22. The zero-order chi connectivity index (χ0) is 11.3. The van der Waals surface area contributed by atoms with Gasteiger partial charge in [-0.2, -0.15) is 0 Å². The van der Waals surface area contributed by atoms with Crippen molar-refractivity contribution in [2.45, 2.75) is 19.8 Å². The van der Waals surface area contributed by atoms with Gasteiger partial charge in [-0.15, -0.1) is 0 Å². The predicted molar refractivity (Wildman–Crippen MR) is 58.6 cm³/mol. The first-order valence-corrected chi connectivity index (χ1v) is 4.99. The Kier molecular flexibility index (Phi) is 4.16. The van der Waals surface area contributed by atoms with Gasteiger partial charge in [-0.25, -0.2) is 0 Å². The minimum atomic E-state index is -0.116. The van der Waals surface area contributed by atoms with E-state index < -0.39 is 0 Å². The molecule has 0 aliphatic rings. The van der Waals surface area contributed by atoms with Crippen LogP contribution < -0.4 is 9.47 Å². The molecule has 0 bridgehead atoms. The van der Waals surface area contributed by atoms with Gasteiger partial charge in [-0.05, 0) is 24.6 Å². The highest BCUT2D eigenvalue weighted by Crippen LogP contribution is 2.30. The molecule has 15 heavy (non-hydrogen) atoms. The van der Waals surface area contributed by atoms with Crippen molar-refractivity contribution < 1.29 is 14.3 Å². The second-order valence-corrected chi connectivity index (χ2v) is 3.27. The number of aldehydes is 1. The van der Waals surface area contributed by atoms with Crippen molar-refractivity contribution in [2.75, 3.05) is 13.7 Å². The van der Waals surface area contributed by atoms with Gasteiger partial charge >= 0.3 is 0 Å². The van der Waals surface area contributed by atoms with Gasteiger partial charge in [-0.3, -0.25) is 0 Å². The molecule has 0 spiro atoms. The molecule has 0 N–H and O–H groups in total. The normalized spacial score (nSPS) is 11.9. The van der Waals surface area contributed by atoms with Gasteiger partial charge in [0.05, 0.1) is 13.7 Å². The molecule has 0 aromatic heterocycles. The maximum absolute atomic E-state index is 10.6. The number of hydrogen-bond donors (Lipinski definition) is 0. The molecule has 1 atom stereocenters. The van der Waals surface area contributed by atoms with Crippen LogP contribution in [0.5, 0.6) is 11.5 Å². The van der Waals surface area contributed by atoms with E-state index in [9.17, 15) is 4.79 Å². The van der Waals surface area contributed by atoms with E-state index in [0.717, 1.165) is 11.8 Å². The van der Waals surface area contributed by atoms with Crippen molar-refractivity contribution in [1.82, 2.24) is 0 Å². The van der Waals surface area contributed by atoms with E-state index in [-0.39, 0.29) is 5.92 Å². The van der Waals surface area contributed by atoms with Crippen LogP contribution in [0, 0.1) is 0 Å². The molecule has 0 saturated carbocycles. The summed E-state index contributed by atoms with van der Waals surface area (Å²) in [6.07, 6.45) is 0.912. The summed E-state index contributed by atoms with van der Waals surface area (Å²) in [5.74, 6) is 1.26. The fourth-order valence-corrected chi connectivity index (χ4v) is 1.32. The van der Waals surface area contributed by atoms with E-state index in [1.54, 1.807) is 7.11 Å². The third-order valence-electron chi connectivity index (χ3n) is 2.22. The lowest BCUT2D eigenvalue weighted by Crippen LogP contribution is -1.99. The lowest BCUT2D eigenvalue weighted by Gasteiger charge is -2.11. The monoisotopic (exact) mass is 208 g/mol. The molecule has 3 heteroatoms. The summed E-state index contributed by atoms with van der Waals surface area (Å²) in [6.45, 7) is 4.36. The van der Waals surface area contributed by atoms with E-state index in [4.69, 9.17) is 9.47 Å². The van der Waals surface area contributed by atoms with Crippen LogP contribution in [0.3, 0.4) is 0 Å². The van der Waals surface area contributed by atoms with Gasteiger partial charge in [0.25, 0.3) is 0 Å². The Morgan fingerprint density at radius 2 is 2.13 bits per heavy atom. The van der Waals surface area contributed by atoms with E-state index in [1.807, 2.05) is 32.0 Å². The third kappa shape index (κ3) is 2.72. The number of rotatable bonds is 5. The van der Waals surface area contributed by atoms with E-state index in [1.165, 1.54) is 0 Å². The van der Waals surface area contributed by atoms with Gasteiger partial charge in [0, 0.05) is 5.92 Å². The molecular formula is C12H16O3. The number of hydrogen-bond acceptors (Lipinski definition) is 3. The summed E-state index contributed by atoms with van der Waals surface area (Å²) in [6, 6.07) is 5.55. The Balaban J connectivity index is 3.01. The molecular weight excluding hydrogens is 192 g/mol. The highest BCUT2D eigenvalue weighted by atomic mass is 16.5. The quantitative estimate of drug-likeness (QED) is 0.697. The molecule has 0 aliphatic carbocycles. The fraction of sp³-hybridized carbons (Fsp3) is 0.417. The van der Waals surface area contributed by atoms with Gasteiger partial charge in [0.1, 0.15) is 6.29 Å². The molecule has 3 nitrogen and oxygen atoms in total. The second-order valence-electron chi connectivity index (χ2n) is 3.27. The molecule has 0 fully saturated rings. The summed E-state index contributed by atoms with van der Waals surface area (Å²) < 4.78 is 10.6. The maximum Gasteiger partial charge on any atom is 0.161 e. The van der Waals surface area contributed by atoms with Gasteiger partial charge in [0.15, 0.2) is 11.5 Å². The Morgan fingerprint density at radius 1 is 1.40 bits per heavy atom. The summed E-state index contributed by atoms with van der Waals surface area (Å²) in [5.41, 5.74) is 0.935. The molecule has 1 aromatic carbocycles. The van der Waals surface area contributed by atoms with Crippen molar-refractivity contribution in [3.63, 3.8) is 0 Å². The van der Waals surface area contributed by atoms with Crippen molar-refractivity contribution in [1.29, 1.82) is 0 Å². The van der Waals surface area contributed by atoms with E-state index in [0.29, 0.717) is 18.1 Å². The number of carbonyl (C=O) groups is 1. The van der Waals surface area contributed by atoms with Crippen LogP contribution in [0.4, 0.5) is 0 Å². The highest BCUT2D eigenvalue weighted by Gasteiger charge is 2.09. The molecule has 1 rings (SSSR count). The Hall–Kier alpha value is -1.51. The zero-order valence-corrected chi connectivity index (χ0v) is 9.32. The number of benzene rings is 1. The van der Waals surface area contributed by atoms with Crippen LogP contribution >= 0.6 is 0 Å². The topological polar surface area (TPSA) is 35.5 Å². The van der Waals surface area contributed by atoms with Crippen molar-refractivity contribution in [2.24, 2.45) is 0 Å². The highest BCUT2D eigenvalue weighted by molar-refractivity contribution is 5.62. The molecule has 1 unspecified atom stereocenters. The third-order valence-corrected chi connectivity index (χ3v) is 2.22. The lowest BCUT2D eigenvalue weighted by molar-refractivity contribution is -0.108. The molecule has 0 aliphatic heterocycles. The Labute approximate surface area is 90.0 Å². The molecule has 1 aromatic rings. The lowest BCUT2D eigenvalue weighted by atomic mass is 10.0. The molecule has 82 valence electrons. The van der Waals surface area contributed by atoms with Crippen molar-refractivity contribution in [3.05, 3.63) is 23.8 Å². The summed E-state index contributed by atoms with van der Waals surface area (Å²) in [7, 11) is 1.59. The fourth-order valence-electron chi connectivity index (χ4n) is 1.32. The predicted octanol–water partition coefficient (Wildman–Crippen LogP) is 2.40. The molecule has 0 radical (unpaired) electrons. The Bertz CT molecular complexity index is 334. The standard InChI is InChI=1S/C12H16O3/c1-4-15-11-6-5-10(9(2)8-13)7-12(11)14-3/h5-9H,4H2,1-3H3. The molecule has 0 amide bonds. The van der Waals surface area contributed by atoms with Crippen LogP contribution in [0.15, 0.2) is 18.2 Å². The smallest absolute Gasteiger partial charge is 0.161 e. The summed E-state index contributed by atoms with van der Waals surface area (Å²) in [4.78, 5) is 10.6. The number of ether oxygens (including phenoxy) is 2. The molecule has 0 saturated heterocycles. The average molecular weight is 208 g/mol. The first kappa shape index (κ1) is 11.6. The van der Waals surface area contributed by atoms with Crippen LogP contribution in [0.2, 0.25) is 0 Å². The minimum absolute atomic E-state index is 0.116. The van der Waals surface area contributed by atoms with Crippen LogP contribution in [0.1, 0.15) is 25.3 Å². The largest absolute Gasteiger partial charge is 0.493 e. The zero-order valence-electron chi connectivity index (χ0n) is 9.32. The maximum atomic E-state index is 10.6.